The van der Waals surface area contributed by atoms with Gasteiger partial charge in [-0.2, -0.15) is 11.8 Å². The number of hydrogen-bond acceptors (Lipinski definition) is 2. The van der Waals surface area contributed by atoms with Gasteiger partial charge in [0.2, 0.25) is 0 Å². The summed E-state index contributed by atoms with van der Waals surface area (Å²) in [7, 11) is 0. The molecule has 0 saturated heterocycles. The molecule has 1 N–H and O–H groups in total. The highest BCUT2D eigenvalue weighted by molar-refractivity contribution is 8.00. The van der Waals surface area contributed by atoms with Crippen molar-refractivity contribution in [1.82, 2.24) is 5.32 Å². The third kappa shape index (κ3) is 5.60. The lowest BCUT2D eigenvalue weighted by Gasteiger charge is -2.43. The van der Waals surface area contributed by atoms with E-state index in [-0.39, 0.29) is 0 Å². The minimum Gasteiger partial charge on any atom is -0.313 e. The normalized spacial score (nSPS) is 29.7. The molecule has 2 heteroatoms. The highest BCUT2D eigenvalue weighted by Gasteiger charge is 2.36. The van der Waals surface area contributed by atoms with Crippen LogP contribution in [0.1, 0.15) is 74.1 Å². The number of rotatable bonds is 6. The molecule has 1 aliphatic rings. The Labute approximate surface area is 132 Å². The lowest BCUT2D eigenvalue weighted by molar-refractivity contribution is 0.164. The second kappa shape index (κ2) is 8.08. The van der Waals surface area contributed by atoms with Crippen molar-refractivity contribution in [3.63, 3.8) is 0 Å². The van der Waals surface area contributed by atoms with Gasteiger partial charge >= 0.3 is 0 Å². The first-order valence-electron chi connectivity index (χ1n) is 8.64. The lowest BCUT2D eigenvalue weighted by Crippen LogP contribution is -2.45. The minimum atomic E-state index is 0.468. The van der Waals surface area contributed by atoms with Crippen LogP contribution in [0.15, 0.2) is 0 Å². The molecule has 120 valence electrons. The van der Waals surface area contributed by atoms with E-state index in [1.54, 1.807) is 0 Å². The second-order valence-corrected chi connectivity index (χ2v) is 9.68. The third-order valence-corrected chi connectivity index (χ3v) is 6.85. The molecule has 4 unspecified atom stereocenters. The van der Waals surface area contributed by atoms with Crippen LogP contribution in [0.2, 0.25) is 0 Å². The fourth-order valence-corrected chi connectivity index (χ4v) is 4.69. The molecule has 1 fully saturated rings. The van der Waals surface area contributed by atoms with E-state index in [1.165, 1.54) is 32.2 Å². The average Bonchev–Trinajstić information content (AvgIpc) is 2.35. The van der Waals surface area contributed by atoms with E-state index in [9.17, 15) is 0 Å². The number of hydrogen-bond donors (Lipinski definition) is 1. The fraction of sp³-hybridized carbons (Fsp3) is 1.00. The molecule has 0 aromatic rings. The van der Waals surface area contributed by atoms with Gasteiger partial charge in [-0.1, -0.05) is 48.5 Å². The maximum Gasteiger partial charge on any atom is 0.0206 e. The van der Waals surface area contributed by atoms with E-state index in [0.29, 0.717) is 5.41 Å². The molecule has 0 aromatic carbocycles. The highest BCUT2D eigenvalue weighted by Crippen LogP contribution is 2.43. The van der Waals surface area contributed by atoms with Gasteiger partial charge in [-0.3, -0.25) is 0 Å². The summed E-state index contributed by atoms with van der Waals surface area (Å²) in [4.78, 5) is 0. The summed E-state index contributed by atoms with van der Waals surface area (Å²) in [5.41, 5.74) is 0.468. The zero-order valence-corrected chi connectivity index (χ0v) is 15.6. The van der Waals surface area contributed by atoms with Gasteiger partial charge in [-0.25, -0.2) is 0 Å². The summed E-state index contributed by atoms with van der Waals surface area (Å²) in [6.07, 6.45) is 5.41. The van der Waals surface area contributed by atoms with E-state index < -0.39 is 0 Å². The highest BCUT2D eigenvalue weighted by atomic mass is 32.2. The third-order valence-electron chi connectivity index (χ3n) is 5.00. The van der Waals surface area contributed by atoms with Crippen LogP contribution in [0.5, 0.6) is 0 Å². The molecule has 0 amide bonds. The van der Waals surface area contributed by atoms with Crippen LogP contribution in [-0.2, 0) is 0 Å². The largest absolute Gasteiger partial charge is 0.313 e. The molecule has 1 aliphatic carbocycles. The molecule has 0 heterocycles. The van der Waals surface area contributed by atoms with Crippen LogP contribution in [0, 0.1) is 17.3 Å². The molecule has 1 rings (SSSR count). The van der Waals surface area contributed by atoms with Crippen LogP contribution < -0.4 is 5.32 Å². The summed E-state index contributed by atoms with van der Waals surface area (Å²) < 4.78 is 0. The van der Waals surface area contributed by atoms with E-state index in [0.717, 1.165) is 28.4 Å². The first kappa shape index (κ1) is 18.4. The van der Waals surface area contributed by atoms with E-state index in [4.69, 9.17) is 0 Å². The molecule has 0 aromatic heterocycles. The van der Waals surface area contributed by atoms with Crippen LogP contribution in [-0.4, -0.2) is 23.1 Å². The molecular weight excluding hydrogens is 262 g/mol. The van der Waals surface area contributed by atoms with E-state index in [2.05, 4.69) is 65.5 Å². The van der Waals surface area contributed by atoms with E-state index in [1.807, 2.05) is 0 Å². The molecule has 20 heavy (non-hydrogen) atoms. The summed E-state index contributed by atoms with van der Waals surface area (Å²) in [6, 6.07) is 0.736. The van der Waals surface area contributed by atoms with Gasteiger partial charge in [0.25, 0.3) is 0 Å². The summed E-state index contributed by atoms with van der Waals surface area (Å²) in [5.74, 6) is 1.67. The Bertz CT molecular complexity index is 269. The molecule has 0 aliphatic heterocycles. The van der Waals surface area contributed by atoms with Gasteiger partial charge in [0.05, 0.1) is 0 Å². The quantitative estimate of drug-likeness (QED) is 0.710. The Kier molecular flexibility index (Phi) is 7.41. The Hall–Kier alpha value is 0.310. The zero-order chi connectivity index (χ0) is 15.3. The van der Waals surface area contributed by atoms with Crippen molar-refractivity contribution >= 4 is 11.8 Å². The average molecular weight is 300 g/mol. The maximum atomic E-state index is 3.82. The van der Waals surface area contributed by atoms with Crippen molar-refractivity contribution < 1.29 is 0 Å². The molecule has 1 nitrogen and oxygen atoms in total. The smallest absolute Gasteiger partial charge is 0.0206 e. The fourth-order valence-electron chi connectivity index (χ4n) is 3.06. The van der Waals surface area contributed by atoms with Gasteiger partial charge in [-0.05, 0) is 49.5 Å². The SMILES string of the molecule is CCCNC1CCC(C(C)(C)C)CC1SC(C)C(C)C. The van der Waals surface area contributed by atoms with Crippen LogP contribution in [0.3, 0.4) is 0 Å². The number of thioether (sulfide) groups is 1. The molecule has 0 spiro atoms. The monoisotopic (exact) mass is 299 g/mol. The molecule has 0 radical (unpaired) electrons. The topological polar surface area (TPSA) is 12.0 Å². The van der Waals surface area contributed by atoms with Crippen molar-refractivity contribution in [3.05, 3.63) is 0 Å². The predicted molar refractivity (Wildman–Crippen MR) is 94.6 cm³/mol. The predicted octanol–water partition coefficient (Wildman–Crippen LogP) is 5.35. The molecule has 4 atom stereocenters. The Balaban J connectivity index is 2.67. The first-order valence-corrected chi connectivity index (χ1v) is 9.58. The van der Waals surface area contributed by atoms with E-state index >= 15 is 0 Å². The van der Waals surface area contributed by atoms with Crippen LogP contribution in [0.4, 0.5) is 0 Å². The summed E-state index contributed by atoms with van der Waals surface area (Å²) >= 11 is 2.24. The van der Waals surface area contributed by atoms with Crippen molar-refractivity contribution in [1.29, 1.82) is 0 Å². The van der Waals surface area contributed by atoms with Crippen LogP contribution >= 0.6 is 11.8 Å². The summed E-state index contributed by atoms with van der Waals surface area (Å²) in [5, 5.41) is 5.39. The molecule has 0 bridgehead atoms. The maximum absolute atomic E-state index is 3.82. The lowest BCUT2D eigenvalue weighted by atomic mass is 9.71. The standard InChI is InChI=1S/C18H37NS/c1-8-11-19-16-10-9-15(18(5,6)7)12-17(16)20-14(4)13(2)3/h13-17,19H,8-12H2,1-7H3. The molecular formula is C18H37NS. The van der Waals surface area contributed by atoms with Gasteiger partial charge in [0.1, 0.15) is 0 Å². The summed E-state index contributed by atoms with van der Waals surface area (Å²) in [6.45, 7) is 17.8. The minimum absolute atomic E-state index is 0.468. The van der Waals surface area contributed by atoms with Gasteiger partial charge in [0.15, 0.2) is 0 Å². The zero-order valence-electron chi connectivity index (χ0n) is 14.8. The van der Waals surface area contributed by atoms with Crippen molar-refractivity contribution in [2.45, 2.75) is 90.7 Å². The Morgan fingerprint density at radius 3 is 2.30 bits per heavy atom. The molecule has 1 saturated carbocycles. The van der Waals surface area contributed by atoms with Gasteiger partial charge < -0.3 is 5.32 Å². The van der Waals surface area contributed by atoms with Gasteiger partial charge in [-0.15, -0.1) is 0 Å². The van der Waals surface area contributed by atoms with Crippen LogP contribution in [0.25, 0.3) is 0 Å². The Morgan fingerprint density at radius 2 is 1.80 bits per heavy atom. The van der Waals surface area contributed by atoms with Crippen molar-refractivity contribution in [3.8, 4) is 0 Å². The number of nitrogens with one attached hydrogen (secondary N) is 1. The van der Waals surface area contributed by atoms with Crippen molar-refractivity contribution in [2.75, 3.05) is 6.54 Å². The van der Waals surface area contributed by atoms with Crippen molar-refractivity contribution in [2.24, 2.45) is 17.3 Å². The Morgan fingerprint density at radius 1 is 1.15 bits per heavy atom. The van der Waals surface area contributed by atoms with Gasteiger partial charge in [0, 0.05) is 16.5 Å². The second-order valence-electron chi connectivity index (χ2n) is 8.06. The first-order chi connectivity index (χ1) is 9.25.